The lowest BCUT2D eigenvalue weighted by Gasteiger charge is -2.32. The Bertz CT molecular complexity index is 869. The van der Waals surface area contributed by atoms with Crippen LogP contribution in [0.15, 0.2) is 53.4 Å². The topological polar surface area (TPSA) is 86.7 Å². The van der Waals surface area contributed by atoms with Crippen LogP contribution in [0.1, 0.15) is 30.1 Å². The van der Waals surface area contributed by atoms with Crippen LogP contribution in [-0.4, -0.2) is 32.6 Å². The van der Waals surface area contributed by atoms with Gasteiger partial charge in [-0.2, -0.15) is 0 Å². The highest BCUT2D eigenvalue weighted by molar-refractivity contribution is 7.92. The van der Waals surface area contributed by atoms with Crippen LogP contribution in [0.2, 0.25) is 0 Å². The number of rotatable bonds is 5. The van der Waals surface area contributed by atoms with E-state index in [0.29, 0.717) is 5.69 Å². The van der Waals surface area contributed by atoms with Crippen molar-refractivity contribution in [3.63, 3.8) is 0 Å². The minimum atomic E-state index is -3.76. The predicted octanol–water partition coefficient (Wildman–Crippen LogP) is 3.42. The molecule has 3 rings (SSSR count). The van der Waals surface area contributed by atoms with E-state index in [2.05, 4.69) is 16.5 Å². The fourth-order valence-corrected chi connectivity index (χ4v) is 4.06. The lowest BCUT2D eigenvalue weighted by atomic mass is 9.99. The molecule has 2 N–H and O–H groups in total. The number of nitrogens with zero attached hydrogens (tertiary/aromatic N) is 1. The Labute approximate surface area is 153 Å². The van der Waals surface area contributed by atoms with E-state index >= 15 is 0 Å². The van der Waals surface area contributed by atoms with Gasteiger partial charge in [-0.15, -0.1) is 0 Å². The van der Waals surface area contributed by atoms with E-state index in [4.69, 9.17) is 5.11 Å². The van der Waals surface area contributed by atoms with Crippen LogP contribution in [0.4, 0.5) is 11.4 Å². The first-order chi connectivity index (χ1) is 12.3. The lowest BCUT2D eigenvalue weighted by Crippen LogP contribution is -2.32. The van der Waals surface area contributed by atoms with Crippen LogP contribution in [-0.2, 0) is 10.0 Å². The monoisotopic (exact) mass is 374 g/mol. The molecule has 0 aliphatic carbocycles. The molecule has 2 aromatic rings. The summed E-state index contributed by atoms with van der Waals surface area (Å²) in [4.78, 5) is 13.2. The summed E-state index contributed by atoms with van der Waals surface area (Å²) in [5, 5.41) is 8.89. The minimum Gasteiger partial charge on any atom is -0.478 e. The number of benzene rings is 2. The number of aromatic carboxylic acids is 1. The zero-order valence-electron chi connectivity index (χ0n) is 14.6. The van der Waals surface area contributed by atoms with Crippen LogP contribution in [0.3, 0.4) is 0 Å². The molecule has 0 aromatic heterocycles. The Balaban J connectivity index is 1.70. The van der Waals surface area contributed by atoms with Gasteiger partial charge in [0, 0.05) is 24.5 Å². The van der Waals surface area contributed by atoms with E-state index in [0.717, 1.165) is 24.7 Å². The van der Waals surface area contributed by atoms with Crippen LogP contribution in [0.25, 0.3) is 0 Å². The highest BCUT2D eigenvalue weighted by Gasteiger charge is 2.17. The number of hydrogen-bond acceptors (Lipinski definition) is 4. The van der Waals surface area contributed by atoms with Crippen molar-refractivity contribution in [2.45, 2.75) is 24.7 Å². The maximum atomic E-state index is 12.4. The Kier molecular flexibility index (Phi) is 5.18. The molecular weight excluding hydrogens is 352 g/mol. The normalized spacial score (nSPS) is 15.7. The van der Waals surface area contributed by atoms with Gasteiger partial charge >= 0.3 is 5.97 Å². The highest BCUT2D eigenvalue weighted by atomic mass is 32.2. The molecule has 1 saturated heterocycles. The molecule has 7 heteroatoms. The highest BCUT2D eigenvalue weighted by Crippen LogP contribution is 2.25. The number of piperidine rings is 1. The quantitative estimate of drug-likeness (QED) is 0.837. The molecule has 1 aliphatic heterocycles. The second-order valence-electron chi connectivity index (χ2n) is 6.65. The Hall–Kier alpha value is -2.54. The van der Waals surface area contributed by atoms with Crippen molar-refractivity contribution in [1.82, 2.24) is 0 Å². The summed E-state index contributed by atoms with van der Waals surface area (Å²) in [5.41, 5.74) is 1.61. The van der Waals surface area contributed by atoms with Gasteiger partial charge in [-0.3, -0.25) is 4.72 Å². The molecule has 0 spiro atoms. The van der Waals surface area contributed by atoms with Gasteiger partial charge in [-0.05, 0) is 67.3 Å². The molecule has 1 fully saturated rings. The lowest BCUT2D eigenvalue weighted by molar-refractivity contribution is 0.0696. The molecular formula is C19H22N2O4S. The van der Waals surface area contributed by atoms with E-state index in [1.165, 1.54) is 37.1 Å². The third-order valence-corrected chi connectivity index (χ3v) is 6.08. The number of hydrogen-bond donors (Lipinski definition) is 2. The molecule has 2 aromatic carbocycles. The van der Waals surface area contributed by atoms with Crippen molar-refractivity contribution >= 4 is 27.4 Å². The number of carboxylic acid groups (broad SMARTS) is 1. The van der Waals surface area contributed by atoms with Gasteiger partial charge < -0.3 is 10.0 Å². The van der Waals surface area contributed by atoms with Crippen LogP contribution in [0.5, 0.6) is 0 Å². The SMILES string of the molecule is CC1CCN(c2ccc(NS(=O)(=O)c3ccc(C(=O)O)cc3)cc2)CC1. The molecule has 0 atom stereocenters. The van der Waals surface area contributed by atoms with E-state index < -0.39 is 16.0 Å². The van der Waals surface area contributed by atoms with Crippen LogP contribution in [0, 0.1) is 5.92 Å². The van der Waals surface area contributed by atoms with E-state index in [9.17, 15) is 13.2 Å². The third-order valence-electron chi connectivity index (χ3n) is 4.68. The van der Waals surface area contributed by atoms with Crippen molar-refractivity contribution in [3.8, 4) is 0 Å². The predicted molar refractivity (Wildman–Crippen MR) is 101 cm³/mol. The summed E-state index contributed by atoms with van der Waals surface area (Å²) >= 11 is 0. The molecule has 0 saturated carbocycles. The average molecular weight is 374 g/mol. The number of carbonyl (C=O) groups is 1. The van der Waals surface area contributed by atoms with Gasteiger partial charge in [0.25, 0.3) is 10.0 Å². The summed E-state index contributed by atoms with van der Waals surface area (Å²) in [7, 11) is -3.76. The largest absolute Gasteiger partial charge is 0.478 e. The fourth-order valence-electron chi connectivity index (χ4n) is 3.00. The molecule has 6 nitrogen and oxygen atoms in total. The molecule has 26 heavy (non-hydrogen) atoms. The van der Waals surface area contributed by atoms with E-state index in [-0.39, 0.29) is 10.5 Å². The molecule has 138 valence electrons. The summed E-state index contributed by atoms with van der Waals surface area (Å²) in [6.45, 7) is 4.29. The summed E-state index contributed by atoms with van der Waals surface area (Å²) < 4.78 is 27.4. The van der Waals surface area contributed by atoms with Crippen molar-refractivity contribution in [1.29, 1.82) is 0 Å². The molecule has 1 heterocycles. The first-order valence-corrected chi connectivity index (χ1v) is 10.0. The van der Waals surface area contributed by atoms with Gasteiger partial charge in [-0.1, -0.05) is 6.92 Å². The Morgan fingerprint density at radius 2 is 1.62 bits per heavy atom. The number of sulfonamides is 1. The van der Waals surface area contributed by atoms with Gasteiger partial charge in [0.15, 0.2) is 0 Å². The standard InChI is InChI=1S/C19H22N2O4S/c1-14-10-12-21(13-11-14)17-6-4-16(5-7-17)20-26(24,25)18-8-2-15(3-9-18)19(22)23/h2-9,14,20H,10-13H2,1H3,(H,22,23). The van der Waals surface area contributed by atoms with Crippen molar-refractivity contribution in [3.05, 3.63) is 54.1 Å². The maximum absolute atomic E-state index is 12.4. The Morgan fingerprint density at radius 3 is 2.15 bits per heavy atom. The van der Waals surface area contributed by atoms with Crippen LogP contribution < -0.4 is 9.62 Å². The average Bonchev–Trinajstić information content (AvgIpc) is 2.63. The first-order valence-electron chi connectivity index (χ1n) is 8.56. The zero-order chi connectivity index (χ0) is 18.7. The van der Waals surface area contributed by atoms with E-state index in [1.807, 2.05) is 12.1 Å². The maximum Gasteiger partial charge on any atom is 0.335 e. The molecule has 1 aliphatic rings. The number of carboxylic acids is 1. The van der Waals surface area contributed by atoms with Crippen molar-refractivity contribution < 1.29 is 18.3 Å². The summed E-state index contributed by atoms with van der Waals surface area (Å²) in [6.07, 6.45) is 2.33. The van der Waals surface area contributed by atoms with Crippen LogP contribution >= 0.6 is 0 Å². The summed E-state index contributed by atoms with van der Waals surface area (Å²) in [6, 6.07) is 12.5. The molecule has 0 bridgehead atoms. The van der Waals surface area contributed by atoms with E-state index in [1.54, 1.807) is 12.1 Å². The fraction of sp³-hybridized carbons (Fsp3) is 0.316. The number of anilines is 2. The second kappa shape index (κ2) is 7.37. The molecule has 0 radical (unpaired) electrons. The summed E-state index contributed by atoms with van der Waals surface area (Å²) in [5.74, 6) is -0.338. The molecule has 0 unspecified atom stereocenters. The second-order valence-corrected chi connectivity index (χ2v) is 8.33. The zero-order valence-corrected chi connectivity index (χ0v) is 15.4. The molecule has 0 amide bonds. The smallest absolute Gasteiger partial charge is 0.335 e. The first kappa shape index (κ1) is 18.3. The van der Waals surface area contributed by atoms with Gasteiger partial charge in [0.05, 0.1) is 10.5 Å². The minimum absolute atomic E-state index is 0.0246. The van der Waals surface area contributed by atoms with Gasteiger partial charge in [0.1, 0.15) is 0 Å². The Morgan fingerprint density at radius 1 is 1.04 bits per heavy atom. The van der Waals surface area contributed by atoms with Crippen molar-refractivity contribution in [2.75, 3.05) is 22.7 Å². The van der Waals surface area contributed by atoms with Gasteiger partial charge in [-0.25, -0.2) is 13.2 Å². The van der Waals surface area contributed by atoms with Gasteiger partial charge in [0.2, 0.25) is 0 Å². The number of nitrogens with one attached hydrogen (secondary N) is 1. The van der Waals surface area contributed by atoms with Crippen molar-refractivity contribution in [2.24, 2.45) is 5.92 Å². The third kappa shape index (κ3) is 4.16.